The van der Waals surface area contributed by atoms with Crippen molar-refractivity contribution in [1.82, 2.24) is 14.7 Å². The van der Waals surface area contributed by atoms with Gasteiger partial charge in [0.2, 0.25) is 0 Å². The number of hydrogen-bond donors (Lipinski definition) is 0. The number of nitrogens with zero attached hydrogens (tertiary/aromatic N) is 3. The van der Waals surface area contributed by atoms with Crippen molar-refractivity contribution in [2.75, 3.05) is 50.8 Å². The van der Waals surface area contributed by atoms with Crippen LogP contribution in [0.5, 0.6) is 0 Å². The summed E-state index contributed by atoms with van der Waals surface area (Å²) in [5.74, 6) is 1.45. The summed E-state index contributed by atoms with van der Waals surface area (Å²) in [7, 11) is -2.79. The van der Waals surface area contributed by atoms with Crippen LogP contribution in [0.3, 0.4) is 0 Å². The van der Waals surface area contributed by atoms with E-state index in [1.165, 1.54) is 39.0 Å². The van der Waals surface area contributed by atoms with E-state index in [-0.39, 0.29) is 11.1 Å². The molecule has 1 aliphatic carbocycles. The lowest BCUT2D eigenvalue weighted by Crippen LogP contribution is -2.54. The molecule has 146 valence electrons. The van der Waals surface area contributed by atoms with E-state index in [1.807, 2.05) is 0 Å². The largest absolute Gasteiger partial charge is 0.298 e. The highest BCUT2D eigenvalue weighted by molar-refractivity contribution is 7.91. The van der Waals surface area contributed by atoms with Crippen molar-refractivity contribution in [3.8, 4) is 0 Å². The molecule has 5 nitrogen and oxygen atoms in total. The molecule has 0 bridgehead atoms. The summed E-state index contributed by atoms with van der Waals surface area (Å²) in [6.45, 7) is 17.7. The standard InChI is InChI=1S/C19H37N3O2S/c1-18(2,3)21-8-6-20(7-9-21)17-14-16(17)15-19(4,5)22-10-12-25(23,24)13-11-22/h16-17H,6-15H2,1-5H3. The first-order valence-electron chi connectivity index (χ1n) is 9.93. The Balaban J connectivity index is 1.46. The minimum Gasteiger partial charge on any atom is -0.298 e. The lowest BCUT2D eigenvalue weighted by atomic mass is 9.94. The van der Waals surface area contributed by atoms with Gasteiger partial charge in [0.25, 0.3) is 0 Å². The molecule has 25 heavy (non-hydrogen) atoms. The van der Waals surface area contributed by atoms with Crippen molar-refractivity contribution in [2.45, 2.75) is 64.6 Å². The minimum absolute atomic E-state index is 0.114. The first kappa shape index (κ1) is 19.6. The van der Waals surface area contributed by atoms with Crippen molar-refractivity contribution in [3.63, 3.8) is 0 Å². The van der Waals surface area contributed by atoms with Crippen LogP contribution in [-0.2, 0) is 9.84 Å². The second-order valence-electron chi connectivity index (χ2n) is 9.91. The smallest absolute Gasteiger partial charge is 0.152 e. The molecule has 0 aromatic carbocycles. The molecule has 2 saturated heterocycles. The molecule has 0 aromatic heterocycles. The molecule has 0 aromatic rings. The Morgan fingerprint density at radius 1 is 0.840 bits per heavy atom. The summed E-state index contributed by atoms with van der Waals surface area (Å²) in [4.78, 5) is 7.70. The van der Waals surface area contributed by atoms with Gasteiger partial charge in [-0.25, -0.2) is 8.42 Å². The number of rotatable bonds is 4. The normalized spacial score (nSPS) is 32.7. The van der Waals surface area contributed by atoms with Crippen molar-refractivity contribution >= 4 is 9.84 Å². The average Bonchev–Trinajstić information content (AvgIpc) is 3.24. The zero-order valence-corrected chi connectivity index (χ0v) is 17.6. The highest BCUT2D eigenvalue weighted by atomic mass is 32.2. The Hall–Kier alpha value is -0.170. The summed E-state index contributed by atoms with van der Waals surface area (Å²) in [6, 6.07) is 0.759. The molecular formula is C19H37N3O2S. The fourth-order valence-electron chi connectivity index (χ4n) is 4.71. The molecule has 0 N–H and O–H groups in total. The first-order valence-corrected chi connectivity index (χ1v) is 11.7. The number of hydrogen-bond acceptors (Lipinski definition) is 5. The van der Waals surface area contributed by atoms with Crippen LogP contribution in [0.2, 0.25) is 0 Å². The van der Waals surface area contributed by atoms with E-state index in [0.29, 0.717) is 24.6 Å². The molecule has 0 spiro atoms. The fourth-order valence-corrected chi connectivity index (χ4v) is 5.91. The Bertz CT molecular complexity index is 560. The zero-order chi connectivity index (χ0) is 18.5. The van der Waals surface area contributed by atoms with Gasteiger partial charge in [-0.05, 0) is 53.4 Å². The average molecular weight is 372 g/mol. The Kier molecular flexibility index (Phi) is 5.30. The van der Waals surface area contributed by atoms with Crippen molar-refractivity contribution in [3.05, 3.63) is 0 Å². The van der Waals surface area contributed by atoms with Gasteiger partial charge in [-0.2, -0.15) is 0 Å². The maximum Gasteiger partial charge on any atom is 0.152 e. The van der Waals surface area contributed by atoms with Gasteiger partial charge >= 0.3 is 0 Å². The first-order chi connectivity index (χ1) is 11.5. The Morgan fingerprint density at radius 2 is 1.40 bits per heavy atom. The minimum atomic E-state index is -2.79. The third-order valence-corrected chi connectivity index (χ3v) is 8.19. The van der Waals surface area contributed by atoms with Crippen molar-refractivity contribution < 1.29 is 8.42 Å². The number of sulfone groups is 1. The maximum atomic E-state index is 11.7. The van der Waals surface area contributed by atoms with E-state index >= 15 is 0 Å². The van der Waals surface area contributed by atoms with Gasteiger partial charge in [-0.15, -0.1) is 0 Å². The van der Waals surface area contributed by atoms with Crippen LogP contribution in [0.15, 0.2) is 0 Å². The van der Waals surface area contributed by atoms with Crippen LogP contribution in [0.4, 0.5) is 0 Å². The van der Waals surface area contributed by atoms with Crippen LogP contribution >= 0.6 is 0 Å². The molecule has 0 amide bonds. The van der Waals surface area contributed by atoms with Crippen LogP contribution < -0.4 is 0 Å². The fraction of sp³-hybridized carbons (Fsp3) is 1.00. The van der Waals surface area contributed by atoms with Crippen LogP contribution in [0, 0.1) is 5.92 Å². The molecule has 6 heteroatoms. The second kappa shape index (κ2) is 6.77. The van der Waals surface area contributed by atoms with Crippen LogP contribution in [0.25, 0.3) is 0 Å². The molecule has 0 radical (unpaired) electrons. The quantitative estimate of drug-likeness (QED) is 0.752. The van der Waals surface area contributed by atoms with Gasteiger partial charge in [0.1, 0.15) is 0 Å². The van der Waals surface area contributed by atoms with E-state index in [0.717, 1.165) is 12.0 Å². The van der Waals surface area contributed by atoms with Crippen LogP contribution in [-0.4, -0.2) is 91.0 Å². The monoisotopic (exact) mass is 371 g/mol. The van der Waals surface area contributed by atoms with Gasteiger partial charge in [-0.1, -0.05) is 0 Å². The van der Waals surface area contributed by atoms with E-state index in [9.17, 15) is 8.42 Å². The van der Waals surface area contributed by atoms with E-state index < -0.39 is 9.84 Å². The molecule has 2 aliphatic heterocycles. The molecule has 1 saturated carbocycles. The van der Waals surface area contributed by atoms with Gasteiger partial charge < -0.3 is 0 Å². The molecule has 3 rings (SSSR count). The number of piperazine rings is 1. The lowest BCUT2D eigenvalue weighted by Gasteiger charge is -2.43. The zero-order valence-electron chi connectivity index (χ0n) is 16.8. The summed E-state index contributed by atoms with van der Waals surface area (Å²) in [6.07, 6.45) is 2.52. The summed E-state index contributed by atoms with van der Waals surface area (Å²) in [5, 5.41) is 0. The molecule has 2 heterocycles. The molecular weight excluding hydrogens is 334 g/mol. The van der Waals surface area contributed by atoms with Gasteiger partial charge in [0.15, 0.2) is 9.84 Å². The summed E-state index contributed by atoms with van der Waals surface area (Å²) >= 11 is 0. The van der Waals surface area contributed by atoms with Crippen molar-refractivity contribution in [2.24, 2.45) is 5.92 Å². The molecule has 2 unspecified atom stereocenters. The highest BCUT2D eigenvalue weighted by Crippen LogP contribution is 2.43. The van der Waals surface area contributed by atoms with Gasteiger partial charge in [-0.3, -0.25) is 14.7 Å². The molecule has 3 fully saturated rings. The van der Waals surface area contributed by atoms with E-state index in [4.69, 9.17) is 0 Å². The third kappa shape index (κ3) is 4.76. The molecule has 2 atom stereocenters. The predicted octanol–water partition coefficient (Wildman–Crippen LogP) is 1.69. The molecule has 3 aliphatic rings. The van der Waals surface area contributed by atoms with E-state index in [2.05, 4.69) is 49.3 Å². The summed E-state index contributed by atoms with van der Waals surface area (Å²) in [5.41, 5.74) is 0.397. The summed E-state index contributed by atoms with van der Waals surface area (Å²) < 4.78 is 23.4. The Labute approximate surface area is 154 Å². The lowest BCUT2D eigenvalue weighted by molar-refractivity contribution is 0.0532. The van der Waals surface area contributed by atoms with Gasteiger partial charge in [0.05, 0.1) is 11.5 Å². The van der Waals surface area contributed by atoms with Crippen molar-refractivity contribution in [1.29, 1.82) is 0 Å². The predicted molar refractivity (Wildman–Crippen MR) is 104 cm³/mol. The Morgan fingerprint density at radius 3 is 1.92 bits per heavy atom. The SMILES string of the molecule is CC(C)(C)N1CCN(C2CC2CC(C)(C)N2CCS(=O)(=O)CC2)CC1. The highest BCUT2D eigenvalue weighted by Gasteiger charge is 2.46. The van der Waals surface area contributed by atoms with Gasteiger partial charge in [0, 0.05) is 56.4 Å². The van der Waals surface area contributed by atoms with E-state index in [1.54, 1.807) is 0 Å². The third-order valence-electron chi connectivity index (χ3n) is 6.58. The second-order valence-corrected chi connectivity index (χ2v) is 12.2. The van der Waals surface area contributed by atoms with Crippen LogP contribution in [0.1, 0.15) is 47.5 Å². The maximum absolute atomic E-state index is 11.7. The topological polar surface area (TPSA) is 43.9 Å².